The Hall–Kier alpha value is -1.70. The topological polar surface area (TPSA) is 53.7 Å². The molecule has 0 amide bonds. The van der Waals surface area contributed by atoms with Gasteiger partial charge >= 0.3 is 0 Å². The van der Waals surface area contributed by atoms with Gasteiger partial charge in [-0.1, -0.05) is 11.8 Å². The van der Waals surface area contributed by atoms with Crippen LogP contribution in [0.1, 0.15) is 12.5 Å². The molecule has 1 aromatic carbocycles. The number of benzene rings is 1. The predicted molar refractivity (Wildman–Crippen MR) is 70.9 cm³/mol. The van der Waals surface area contributed by atoms with Gasteiger partial charge in [0.2, 0.25) is 0 Å². The Kier molecular flexibility index (Phi) is 6.70. The van der Waals surface area contributed by atoms with Gasteiger partial charge in [0.15, 0.2) is 0 Å². The maximum Gasteiger partial charge on any atom is 0.135 e. The standard InChI is InChI=1S/C14H19NO3/c1-3-17-9-10-18-14-7-6-13(16-2)11-12(14)5-4-8-15/h6-7,11H,3,8-10,15H2,1-2H3. The molecule has 0 aliphatic rings. The molecule has 0 aliphatic carbocycles. The van der Waals surface area contributed by atoms with Gasteiger partial charge in [-0.25, -0.2) is 0 Å². The molecule has 0 atom stereocenters. The fourth-order valence-electron chi connectivity index (χ4n) is 1.36. The Balaban J connectivity index is 2.75. The summed E-state index contributed by atoms with van der Waals surface area (Å²) in [7, 11) is 1.62. The molecular formula is C14H19NO3. The van der Waals surface area contributed by atoms with Crippen LogP contribution in [0.5, 0.6) is 11.5 Å². The highest BCUT2D eigenvalue weighted by molar-refractivity contribution is 5.50. The molecule has 4 nitrogen and oxygen atoms in total. The van der Waals surface area contributed by atoms with Crippen molar-refractivity contribution in [3.63, 3.8) is 0 Å². The molecule has 0 unspecified atom stereocenters. The van der Waals surface area contributed by atoms with Crippen molar-refractivity contribution in [1.82, 2.24) is 0 Å². The van der Waals surface area contributed by atoms with Gasteiger partial charge in [0.1, 0.15) is 18.1 Å². The third-order valence-electron chi connectivity index (χ3n) is 2.20. The normalized spacial score (nSPS) is 9.50. The molecule has 0 saturated heterocycles. The molecule has 0 heterocycles. The highest BCUT2D eigenvalue weighted by atomic mass is 16.5. The Labute approximate surface area is 108 Å². The summed E-state index contributed by atoms with van der Waals surface area (Å²) in [5, 5.41) is 0. The van der Waals surface area contributed by atoms with Crippen LogP contribution in [0.3, 0.4) is 0 Å². The largest absolute Gasteiger partial charge is 0.497 e. The van der Waals surface area contributed by atoms with E-state index >= 15 is 0 Å². The van der Waals surface area contributed by atoms with Gasteiger partial charge in [-0.2, -0.15) is 0 Å². The van der Waals surface area contributed by atoms with E-state index in [1.807, 2.05) is 25.1 Å². The first-order chi connectivity index (χ1) is 8.81. The smallest absolute Gasteiger partial charge is 0.135 e. The van der Waals surface area contributed by atoms with Crippen molar-refractivity contribution in [3.05, 3.63) is 23.8 Å². The lowest BCUT2D eigenvalue weighted by molar-refractivity contribution is 0.110. The summed E-state index contributed by atoms with van der Waals surface area (Å²) in [6, 6.07) is 5.51. The van der Waals surface area contributed by atoms with Crippen LogP contribution in [-0.2, 0) is 4.74 Å². The highest BCUT2D eigenvalue weighted by Gasteiger charge is 2.03. The Morgan fingerprint density at radius 2 is 2.11 bits per heavy atom. The predicted octanol–water partition coefficient (Wildman–Crippen LogP) is 1.42. The molecule has 0 aliphatic heterocycles. The lowest BCUT2D eigenvalue weighted by atomic mass is 10.2. The second-order valence-electron chi connectivity index (χ2n) is 3.41. The van der Waals surface area contributed by atoms with Crippen molar-refractivity contribution in [1.29, 1.82) is 0 Å². The van der Waals surface area contributed by atoms with E-state index in [2.05, 4.69) is 11.8 Å². The summed E-state index contributed by atoms with van der Waals surface area (Å²) in [6.07, 6.45) is 0. The molecular weight excluding hydrogens is 230 g/mol. The van der Waals surface area contributed by atoms with E-state index < -0.39 is 0 Å². The maximum absolute atomic E-state index is 5.61. The quantitative estimate of drug-likeness (QED) is 0.612. The van der Waals surface area contributed by atoms with Gasteiger partial charge in [-0.15, -0.1) is 0 Å². The van der Waals surface area contributed by atoms with Crippen LogP contribution in [0.4, 0.5) is 0 Å². The van der Waals surface area contributed by atoms with E-state index in [1.54, 1.807) is 7.11 Å². The Morgan fingerprint density at radius 1 is 1.28 bits per heavy atom. The van der Waals surface area contributed by atoms with Crippen LogP contribution in [0.25, 0.3) is 0 Å². The molecule has 98 valence electrons. The molecule has 18 heavy (non-hydrogen) atoms. The average molecular weight is 249 g/mol. The van der Waals surface area contributed by atoms with Crippen LogP contribution < -0.4 is 15.2 Å². The number of hydrogen-bond acceptors (Lipinski definition) is 4. The van der Waals surface area contributed by atoms with Crippen LogP contribution >= 0.6 is 0 Å². The molecule has 0 bridgehead atoms. The summed E-state index contributed by atoms with van der Waals surface area (Å²) in [4.78, 5) is 0. The van der Waals surface area contributed by atoms with Crippen LogP contribution in [-0.4, -0.2) is 33.5 Å². The van der Waals surface area contributed by atoms with E-state index in [0.29, 0.717) is 26.4 Å². The monoisotopic (exact) mass is 249 g/mol. The zero-order chi connectivity index (χ0) is 13.2. The molecule has 0 radical (unpaired) electrons. The molecule has 0 saturated carbocycles. The number of methoxy groups -OCH3 is 1. The van der Waals surface area contributed by atoms with E-state index in [-0.39, 0.29) is 0 Å². The van der Waals surface area contributed by atoms with Crippen LogP contribution in [0.2, 0.25) is 0 Å². The van der Waals surface area contributed by atoms with Crippen molar-refractivity contribution in [2.45, 2.75) is 6.92 Å². The zero-order valence-corrected chi connectivity index (χ0v) is 10.9. The molecule has 0 spiro atoms. The van der Waals surface area contributed by atoms with E-state index in [9.17, 15) is 0 Å². The first-order valence-electron chi connectivity index (χ1n) is 5.89. The Bertz CT molecular complexity index is 421. The highest BCUT2D eigenvalue weighted by Crippen LogP contribution is 2.23. The second-order valence-corrected chi connectivity index (χ2v) is 3.41. The van der Waals surface area contributed by atoms with E-state index in [1.165, 1.54) is 0 Å². The van der Waals surface area contributed by atoms with Gasteiger partial charge in [-0.05, 0) is 25.1 Å². The molecule has 1 rings (SSSR count). The molecule has 1 aromatic rings. The number of nitrogens with two attached hydrogens (primary N) is 1. The minimum Gasteiger partial charge on any atom is -0.497 e. The minimum atomic E-state index is 0.315. The van der Waals surface area contributed by atoms with Gasteiger partial charge in [0, 0.05) is 6.61 Å². The summed E-state index contributed by atoms with van der Waals surface area (Å²) in [5.74, 6) is 7.24. The van der Waals surface area contributed by atoms with Crippen LogP contribution in [0.15, 0.2) is 18.2 Å². The summed E-state index contributed by atoms with van der Waals surface area (Å²) in [6.45, 7) is 4.01. The van der Waals surface area contributed by atoms with Gasteiger partial charge < -0.3 is 19.9 Å². The third kappa shape index (κ3) is 4.66. The lowest BCUT2D eigenvalue weighted by Gasteiger charge is -2.09. The van der Waals surface area contributed by atoms with Crippen molar-refractivity contribution in [2.24, 2.45) is 5.73 Å². The molecule has 0 aromatic heterocycles. The van der Waals surface area contributed by atoms with Crippen molar-refractivity contribution >= 4 is 0 Å². The number of hydrogen-bond donors (Lipinski definition) is 1. The van der Waals surface area contributed by atoms with E-state index in [0.717, 1.165) is 17.1 Å². The molecule has 0 fully saturated rings. The fourth-order valence-corrected chi connectivity index (χ4v) is 1.36. The fraction of sp³-hybridized carbons (Fsp3) is 0.429. The van der Waals surface area contributed by atoms with Crippen molar-refractivity contribution in [2.75, 3.05) is 33.5 Å². The minimum absolute atomic E-state index is 0.315. The Morgan fingerprint density at radius 3 is 2.78 bits per heavy atom. The first kappa shape index (κ1) is 14.4. The lowest BCUT2D eigenvalue weighted by Crippen LogP contribution is -2.07. The van der Waals surface area contributed by atoms with Gasteiger partial charge in [0.25, 0.3) is 0 Å². The summed E-state index contributed by atoms with van der Waals surface area (Å²) >= 11 is 0. The zero-order valence-electron chi connectivity index (χ0n) is 10.9. The summed E-state index contributed by atoms with van der Waals surface area (Å²) < 4.78 is 16.0. The summed E-state index contributed by atoms with van der Waals surface area (Å²) in [5.41, 5.74) is 6.15. The van der Waals surface area contributed by atoms with E-state index in [4.69, 9.17) is 19.9 Å². The molecule has 4 heteroatoms. The maximum atomic E-state index is 5.61. The SMILES string of the molecule is CCOCCOc1ccc(OC)cc1C#CCN. The van der Waals surface area contributed by atoms with Crippen molar-refractivity contribution in [3.8, 4) is 23.3 Å². The van der Waals surface area contributed by atoms with Gasteiger partial charge in [-0.3, -0.25) is 0 Å². The molecule has 2 N–H and O–H groups in total. The van der Waals surface area contributed by atoms with Crippen LogP contribution in [0, 0.1) is 11.8 Å². The first-order valence-corrected chi connectivity index (χ1v) is 5.89. The number of ether oxygens (including phenoxy) is 3. The van der Waals surface area contributed by atoms with Crippen molar-refractivity contribution < 1.29 is 14.2 Å². The van der Waals surface area contributed by atoms with Gasteiger partial charge in [0.05, 0.1) is 25.8 Å². The number of rotatable bonds is 6. The average Bonchev–Trinajstić information content (AvgIpc) is 2.42. The third-order valence-corrected chi connectivity index (χ3v) is 2.20. The second kappa shape index (κ2) is 8.40.